The van der Waals surface area contributed by atoms with E-state index in [2.05, 4.69) is 0 Å². The summed E-state index contributed by atoms with van der Waals surface area (Å²) in [4.78, 5) is 0.252. The van der Waals surface area contributed by atoms with Crippen LogP contribution in [0, 0.1) is 0 Å². The van der Waals surface area contributed by atoms with E-state index in [9.17, 15) is 13.5 Å². The minimum absolute atomic E-state index is 0.252. The number of sulfone groups is 1. The van der Waals surface area contributed by atoms with Gasteiger partial charge in [0.2, 0.25) is 0 Å². The molecule has 1 aromatic rings. The SMILES string of the molecule is CCC(O)c1cccc(S(C)(=O)=O)c1. The van der Waals surface area contributed by atoms with Crippen molar-refractivity contribution in [3.05, 3.63) is 29.8 Å². The van der Waals surface area contributed by atoms with Gasteiger partial charge < -0.3 is 5.11 Å². The second kappa shape index (κ2) is 4.11. The molecule has 0 saturated carbocycles. The first kappa shape index (κ1) is 11.2. The van der Waals surface area contributed by atoms with Gasteiger partial charge >= 0.3 is 0 Å². The molecule has 0 spiro atoms. The normalized spacial score (nSPS) is 13.9. The van der Waals surface area contributed by atoms with Crippen LogP contribution >= 0.6 is 0 Å². The molecule has 0 fully saturated rings. The molecular formula is C10H14O3S. The second-order valence-electron chi connectivity index (χ2n) is 3.27. The van der Waals surface area contributed by atoms with Crippen molar-refractivity contribution in [3.63, 3.8) is 0 Å². The van der Waals surface area contributed by atoms with Gasteiger partial charge in [-0.15, -0.1) is 0 Å². The molecule has 1 aromatic carbocycles. The monoisotopic (exact) mass is 214 g/mol. The van der Waals surface area contributed by atoms with E-state index in [0.29, 0.717) is 12.0 Å². The first-order valence-corrected chi connectivity index (χ1v) is 6.32. The number of benzene rings is 1. The number of aliphatic hydroxyl groups is 1. The third-order valence-corrected chi connectivity index (χ3v) is 3.17. The van der Waals surface area contributed by atoms with Gasteiger partial charge in [-0.05, 0) is 24.1 Å². The lowest BCUT2D eigenvalue weighted by Gasteiger charge is -2.08. The Morgan fingerprint density at radius 1 is 1.43 bits per heavy atom. The lowest BCUT2D eigenvalue weighted by Crippen LogP contribution is -2.00. The van der Waals surface area contributed by atoms with E-state index in [4.69, 9.17) is 0 Å². The number of hydrogen-bond donors (Lipinski definition) is 1. The average molecular weight is 214 g/mol. The van der Waals surface area contributed by atoms with Crippen LogP contribution in [0.4, 0.5) is 0 Å². The van der Waals surface area contributed by atoms with Gasteiger partial charge in [-0.25, -0.2) is 8.42 Å². The summed E-state index contributed by atoms with van der Waals surface area (Å²) in [6, 6.07) is 6.41. The predicted molar refractivity (Wildman–Crippen MR) is 54.8 cm³/mol. The van der Waals surface area contributed by atoms with E-state index in [1.165, 1.54) is 12.1 Å². The van der Waals surface area contributed by atoms with Crippen LogP contribution in [0.1, 0.15) is 25.0 Å². The summed E-state index contributed by atoms with van der Waals surface area (Å²) in [5, 5.41) is 9.52. The molecule has 0 heterocycles. The summed E-state index contributed by atoms with van der Waals surface area (Å²) in [6.07, 6.45) is 1.15. The van der Waals surface area contributed by atoms with E-state index in [0.717, 1.165) is 6.26 Å². The summed E-state index contributed by atoms with van der Waals surface area (Å²) in [5.74, 6) is 0. The van der Waals surface area contributed by atoms with Gasteiger partial charge in [-0.1, -0.05) is 19.1 Å². The Bertz CT molecular complexity index is 409. The van der Waals surface area contributed by atoms with E-state index in [-0.39, 0.29) is 4.90 Å². The molecule has 0 aliphatic heterocycles. The second-order valence-corrected chi connectivity index (χ2v) is 5.28. The molecule has 78 valence electrons. The van der Waals surface area contributed by atoms with Gasteiger partial charge in [0.15, 0.2) is 9.84 Å². The summed E-state index contributed by atoms with van der Waals surface area (Å²) < 4.78 is 22.4. The lowest BCUT2D eigenvalue weighted by atomic mass is 10.1. The standard InChI is InChI=1S/C10H14O3S/c1-3-10(11)8-5-4-6-9(7-8)14(2,12)13/h4-7,10-11H,3H2,1-2H3. The van der Waals surface area contributed by atoms with Gasteiger partial charge in [0.05, 0.1) is 11.0 Å². The Morgan fingerprint density at radius 3 is 2.57 bits per heavy atom. The van der Waals surface area contributed by atoms with E-state index < -0.39 is 15.9 Å². The highest BCUT2D eigenvalue weighted by Crippen LogP contribution is 2.19. The largest absolute Gasteiger partial charge is 0.388 e. The first-order valence-electron chi connectivity index (χ1n) is 4.43. The molecular weight excluding hydrogens is 200 g/mol. The molecule has 0 saturated heterocycles. The molecule has 3 nitrogen and oxygen atoms in total. The van der Waals surface area contributed by atoms with Crippen LogP contribution in [0.3, 0.4) is 0 Å². The van der Waals surface area contributed by atoms with Crippen LogP contribution in [0.25, 0.3) is 0 Å². The molecule has 0 aliphatic carbocycles. The number of rotatable bonds is 3. The molecule has 0 aromatic heterocycles. The van der Waals surface area contributed by atoms with Crippen molar-refractivity contribution in [2.45, 2.75) is 24.3 Å². The third-order valence-electron chi connectivity index (χ3n) is 2.06. The van der Waals surface area contributed by atoms with Crippen molar-refractivity contribution >= 4 is 9.84 Å². The highest BCUT2D eigenvalue weighted by Gasteiger charge is 2.10. The van der Waals surface area contributed by atoms with Crippen molar-refractivity contribution in [2.75, 3.05) is 6.26 Å². The fourth-order valence-electron chi connectivity index (χ4n) is 1.19. The van der Waals surface area contributed by atoms with Crippen molar-refractivity contribution in [2.24, 2.45) is 0 Å². The molecule has 0 aliphatic rings. The average Bonchev–Trinajstić information content (AvgIpc) is 2.15. The van der Waals surface area contributed by atoms with Gasteiger partial charge in [0.25, 0.3) is 0 Å². The lowest BCUT2D eigenvalue weighted by molar-refractivity contribution is 0.173. The van der Waals surface area contributed by atoms with Gasteiger partial charge in [-0.2, -0.15) is 0 Å². The summed E-state index contributed by atoms with van der Waals surface area (Å²) in [7, 11) is -3.18. The van der Waals surface area contributed by atoms with Crippen molar-refractivity contribution in [1.29, 1.82) is 0 Å². The van der Waals surface area contributed by atoms with E-state index >= 15 is 0 Å². The maximum atomic E-state index is 11.2. The van der Waals surface area contributed by atoms with E-state index in [1.807, 2.05) is 6.92 Å². The Hall–Kier alpha value is -0.870. The highest BCUT2D eigenvalue weighted by atomic mass is 32.2. The van der Waals surface area contributed by atoms with Crippen LogP contribution in [0.2, 0.25) is 0 Å². The Kier molecular flexibility index (Phi) is 3.29. The minimum Gasteiger partial charge on any atom is -0.388 e. The molecule has 0 bridgehead atoms. The zero-order valence-electron chi connectivity index (χ0n) is 8.27. The molecule has 0 radical (unpaired) electrons. The zero-order chi connectivity index (χ0) is 10.8. The number of hydrogen-bond acceptors (Lipinski definition) is 3. The summed E-state index contributed by atoms with van der Waals surface area (Å²) in [6.45, 7) is 1.85. The molecule has 1 rings (SSSR count). The van der Waals surface area contributed by atoms with Crippen LogP contribution in [0.5, 0.6) is 0 Å². The highest BCUT2D eigenvalue weighted by molar-refractivity contribution is 7.90. The first-order chi connectivity index (χ1) is 6.45. The van der Waals surface area contributed by atoms with Gasteiger partial charge in [0.1, 0.15) is 0 Å². The van der Waals surface area contributed by atoms with Crippen LogP contribution < -0.4 is 0 Å². The van der Waals surface area contributed by atoms with Crippen LogP contribution in [-0.4, -0.2) is 19.8 Å². The molecule has 0 amide bonds. The molecule has 1 N–H and O–H groups in total. The third kappa shape index (κ3) is 2.56. The Labute approximate surface area is 84.3 Å². The van der Waals surface area contributed by atoms with Gasteiger partial charge in [-0.3, -0.25) is 0 Å². The maximum Gasteiger partial charge on any atom is 0.175 e. The van der Waals surface area contributed by atoms with Crippen molar-refractivity contribution < 1.29 is 13.5 Å². The maximum absolute atomic E-state index is 11.2. The summed E-state index contributed by atoms with van der Waals surface area (Å²) in [5.41, 5.74) is 0.649. The van der Waals surface area contributed by atoms with Crippen LogP contribution in [-0.2, 0) is 9.84 Å². The Balaban J connectivity index is 3.14. The Morgan fingerprint density at radius 2 is 2.07 bits per heavy atom. The summed E-state index contributed by atoms with van der Waals surface area (Å²) >= 11 is 0. The molecule has 14 heavy (non-hydrogen) atoms. The molecule has 1 unspecified atom stereocenters. The quantitative estimate of drug-likeness (QED) is 0.830. The van der Waals surface area contributed by atoms with E-state index in [1.54, 1.807) is 12.1 Å². The number of aliphatic hydroxyl groups excluding tert-OH is 1. The minimum atomic E-state index is -3.18. The predicted octanol–water partition coefficient (Wildman–Crippen LogP) is 1.53. The zero-order valence-corrected chi connectivity index (χ0v) is 9.08. The van der Waals surface area contributed by atoms with Gasteiger partial charge in [0, 0.05) is 6.26 Å². The molecule has 1 atom stereocenters. The van der Waals surface area contributed by atoms with Crippen molar-refractivity contribution in [3.8, 4) is 0 Å². The molecule has 4 heteroatoms. The fourth-order valence-corrected chi connectivity index (χ4v) is 1.86. The fraction of sp³-hybridized carbons (Fsp3) is 0.400. The topological polar surface area (TPSA) is 54.4 Å². The smallest absolute Gasteiger partial charge is 0.175 e. The van der Waals surface area contributed by atoms with Crippen molar-refractivity contribution in [1.82, 2.24) is 0 Å². The van der Waals surface area contributed by atoms with Crippen LogP contribution in [0.15, 0.2) is 29.2 Å².